The van der Waals surface area contributed by atoms with Crippen molar-refractivity contribution < 1.29 is 53.1 Å². The van der Waals surface area contributed by atoms with E-state index in [0.717, 1.165) is 90.8 Å². The van der Waals surface area contributed by atoms with Gasteiger partial charge in [-0.15, -0.1) is 6.58 Å². The zero-order chi connectivity index (χ0) is 55.8. The third-order valence-electron chi connectivity index (χ3n) is 16.5. The molecular formula is C66H89N3O11. The van der Waals surface area contributed by atoms with Crippen LogP contribution in [-0.4, -0.2) is 97.3 Å². The minimum atomic E-state index is -1.56. The standard InChI is InChI=1S/C66H89N3O11/c1-3-5-6-7-8-9-10-11-12-21-37-67-64(72)78-53-35-36-59-57(45-53)62-55(33-19-23-39-71)51(29-18-22-38-70)44-56-58(68-80-61-34-20-24-41-75-61)46-60(66(79-59,63(56)62)77-40-4-2)69(47-52-31-25-30-50-28-16-17-32-54(50)52)65(73)76-43-42-74-48-49-26-14-13-15-27-49/h4,13-17,25-28,30-32,35-36,44-45,51,55,60-63,70-71H,2-3,5-12,18-24,29,33-34,37-43,46-48H2,1H3,(H,67,72)/t51-,55+,60-,61?,62+,63+,66+/m0/s1. The Kier molecular flexibility index (Phi) is 24.1. The fourth-order valence-corrected chi connectivity index (χ4v) is 12.5. The number of ether oxygens (including phenoxy) is 6. The molecule has 2 amide bonds. The van der Waals surface area contributed by atoms with Crippen molar-refractivity contribution >= 4 is 28.7 Å². The van der Waals surface area contributed by atoms with Gasteiger partial charge in [0.1, 0.15) is 24.1 Å². The van der Waals surface area contributed by atoms with Crippen LogP contribution in [0, 0.1) is 17.8 Å². The Hall–Kier alpha value is -5.77. The molecule has 0 bridgehead atoms. The number of fused-ring (bicyclic) bond motifs is 3. The first kappa shape index (κ1) is 60.3. The average Bonchev–Trinajstić information content (AvgIpc) is 3.59. The zero-order valence-corrected chi connectivity index (χ0v) is 47.5. The molecule has 1 unspecified atom stereocenters. The molecular weight excluding hydrogens is 1010 g/mol. The third kappa shape index (κ3) is 16.2. The molecule has 434 valence electrons. The molecule has 2 heterocycles. The van der Waals surface area contributed by atoms with Crippen molar-refractivity contribution in [3.05, 3.63) is 132 Å². The average molecular weight is 1100 g/mol. The van der Waals surface area contributed by atoms with E-state index in [0.29, 0.717) is 56.2 Å². The molecule has 14 nitrogen and oxygen atoms in total. The van der Waals surface area contributed by atoms with Crippen molar-refractivity contribution in [3.63, 3.8) is 0 Å². The number of aliphatic hydroxyl groups is 2. The van der Waals surface area contributed by atoms with Crippen molar-refractivity contribution in [1.82, 2.24) is 10.2 Å². The fraction of sp³-hybridized carbons (Fsp3) is 0.561. The van der Waals surface area contributed by atoms with Gasteiger partial charge < -0.3 is 48.8 Å². The Morgan fingerprint density at radius 1 is 0.838 bits per heavy atom. The summed E-state index contributed by atoms with van der Waals surface area (Å²) in [6.07, 6.45) is 21.4. The molecule has 4 aromatic rings. The first-order valence-corrected chi connectivity index (χ1v) is 30.2. The van der Waals surface area contributed by atoms with Crippen LogP contribution < -0.4 is 14.8 Å². The number of allylic oxidation sites excluding steroid dienone is 1. The monoisotopic (exact) mass is 1100 g/mol. The number of carbonyl (C=O) groups is 2. The predicted octanol–water partition coefficient (Wildman–Crippen LogP) is 13.9. The highest BCUT2D eigenvalue weighted by atomic mass is 16.8. The van der Waals surface area contributed by atoms with Crippen molar-refractivity contribution in [2.24, 2.45) is 22.9 Å². The van der Waals surface area contributed by atoms with Gasteiger partial charge in [-0.2, -0.15) is 0 Å². The lowest BCUT2D eigenvalue weighted by Gasteiger charge is -2.60. The van der Waals surface area contributed by atoms with E-state index in [1.165, 1.54) is 44.9 Å². The SMILES string of the molecule is C=CCO[C@@]12Oc3ccc(OC(=O)NCCCCCCCCCCCC)cc3[C@H]3[C@H](CCCCO)[C@@H](CCCCO)C=C(C(=NOC4CCCCO4)C[C@@H]1N(Cc1cccc4ccccc14)C(=O)OCCOCc1ccccc1)[C@H]32. The van der Waals surface area contributed by atoms with Crippen LogP contribution in [0.4, 0.5) is 9.59 Å². The summed E-state index contributed by atoms with van der Waals surface area (Å²) in [5, 5.41) is 30.4. The van der Waals surface area contributed by atoms with E-state index in [4.69, 9.17) is 38.4 Å². The van der Waals surface area contributed by atoms with Crippen LogP contribution >= 0.6 is 0 Å². The predicted molar refractivity (Wildman–Crippen MR) is 312 cm³/mol. The summed E-state index contributed by atoms with van der Waals surface area (Å²) in [6.45, 7) is 8.33. The topological polar surface area (TPSA) is 167 Å². The Morgan fingerprint density at radius 2 is 1.59 bits per heavy atom. The normalized spacial score (nSPS) is 22.6. The minimum absolute atomic E-state index is 0.00574. The van der Waals surface area contributed by atoms with Crippen LogP contribution in [0.5, 0.6) is 11.5 Å². The van der Waals surface area contributed by atoms with E-state index < -0.39 is 36.2 Å². The van der Waals surface area contributed by atoms with Gasteiger partial charge in [-0.3, -0.25) is 4.90 Å². The maximum Gasteiger partial charge on any atom is 0.412 e. The second kappa shape index (κ2) is 32.0. The molecule has 2 aliphatic carbocycles. The van der Waals surface area contributed by atoms with Crippen LogP contribution in [0.3, 0.4) is 0 Å². The van der Waals surface area contributed by atoms with Crippen molar-refractivity contribution in [2.45, 2.75) is 173 Å². The van der Waals surface area contributed by atoms with Crippen molar-refractivity contribution in [3.8, 4) is 11.5 Å². The van der Waals surface area contributed by atoms with Gasteiger partial charge in [0.2, 0.25) is 12.1 Å². The van der Waals surface area contributed by atoms with Crippen LogP contribution in [0.15, 0.2) is 120 Å². The second-order valence-corrected chi connectivity index (χ2v) is 22.1. The van der Waals surface area contributed by atoms with E-state index in [9.17, 15) is 15.0 Å². The summed E-state index contributed by atoms with van der Waals surface area (Å²) in [4.78, 5) is 37.1. The molecule has 4 aliphatic rings. The summed E-state index contributed by atoms with van der Waals surface area (Å²) in [6, 6.07) is 28.8. The molecule has 8 rings (SSSR count). The zero-order valence-electron chi connectivity index (χ0n) is 47.5. The number of hydrogen-bond acceptors (Lipinski definition) is 12. The van der Waals surface area contributed by atoms with Crippen LogP contribution in [0.2, 0.25) is 0 Å². The number of benzene rings is 4. The van der Waals surface area contributed by atoms with Gasteiger partial charge in [0.15, 0.2) is 0 Å². The van der Waals surface area contributed by atoms with Gasteiger partial charge in [0.25, 0.3) is 0 Å². The van der Waals surface area contributed by atoms with E-state index in [2.05, 4.69) is 43.1 Å². The number of amides is 2. The Balaban J connectivity index is 1.19. The number of hydrogen-bond donors (Lipinski definition) is 3. The number of carbonyl (C=O) groups excluding carboxylic acids is 2. The van der Waals surface area contributed by atoms with Gasteiger partial charge in [0, 0.05) is 44.1 Å². The Morgan fingerprint density at radius 3 is 2.35 bits per heavy atom. The first-order chi connectivity index (χ1) is 39.4. The summed E-state index contributed by atoms with van der Waals surface area (Å²) >= 11 is 0. The lowest BCUT2D eigenvalue weighted by molar-refractivity contribution is -0.256. The molecule has 0 radical (unpaired) electrons. The molecule has 3 N–H and O–H groups in total. The quantitative estimate of drug-likeness (QED) is 0.0236. The molecule has 2 fully saturated rings. The van der Waals surface area contributed by atoms with E-state index in [1.807, 2.05) is 66.7 Å². The van der Waals surface area contributed by atoms with Crippen LogP contribution in [0.1, 0.15) is 158 Å². The summed E-state index contributed by atoms with van der Waals surface area (Å²) in [5.74, 6) is -1.65. The fourth-order valence-electron chi connectivity index (χ4n) is 12.5. The summed E-state index contributed by atoms with van der Waals surface area (Å²) < 4.78 is 39.3. The maximum absolute atomic E-state index is 15.4. The van der Waals surface area contributed by atoms with Crippen molar-refractivity contribution in [2.75, 3.05) is 46.2 Å². The first-order valence-electron chi connectivity index (χ1n) is 30.2. The van der Waals surface area contributed by atoms with Gasteiger partial charge in [-0.25, -0.2) is 9.59 Å². The highest BCUT2D eigenvalue weighted by Crippen LogP contribution is 2.62. The third-order valence-corrected chi connectivity index (χ3v) is 16.5. The van der Waals surface area contributed by atoms with E-state index >= 15 is 4.79 Å². The number of oxime groups is 1. The second-order valence-electron chi connectivity index (χ2n) is 22.1. The molecule has 7 atom stereocenters. The van der Waals surface area contributed by atoms with Crippen LogP contribution in [-0.2, 0) is 36.9 Å². The molecule has 0 aromatic heterocycles. The lowest BCUT2D eigenvalue weighted by atomic mass is 9.55. The minimum Gasteiger partial charge on any atom is -0.459 e. The highest BCUT2D eigenvalue weighted by Gasteiger charge is 2.66. The van der Waals surface area contributed by atoms with Gasteiger partial charge in [-0.05, 0) is 102 Å². The van der Waals surface area contributed by atoms with E-state index in [1.54, 1.807) is 17.0 Å². The number of unbranched alkanes of at least 4 members (excludes halogenated alkanes) is 11. The number of nitrogens with zero attached hydrogens (tertiary/aromatic N) is 2. The molecule has 4 aromatic carbocycles. The van der Waals surface area contributed by atoms with Gasteiger partial charge in [-0.1, -0.05) is 168 Å². The Labute approximate surface area is 475 Å². The molecule has 14 heteroatoms. The molecule has 1 saturated carbocycles. The smallest absolute Gasteiger partial charge is 0.412 e. The number of aliphatic hydroxyl groups excluding tert-OH is 2. The lowest BCUT2D eigenvalue weighted by Crippen LogP contribution is -2.70. The molecule has 1 saturated heterocycles. The highest BCUT2D eigenvalue weighted by molar-refractivity contribution is 6.03. The van der Waals surface area contributed by atoms with Gasteiger partial charge in [0.05, 0.1) is 44.6 Å². The molecule has 0 spiro atoms. The molecule has 80 heavy (non-hydrogen) atoms. The van der Waals surface area contributed by atoms with E-state index in [-0.39, 0.29) is 63.8 Å². The number of rotatable bonds is 33. The van der Waals surface area contributed by atoms with Crippen molar-refractivity contribution in [1.29, 1.82) is 0 Å². The van der Waals surface area contributed by atoms with Gasteiger partial charge >= 0.3 is 12.2 Å². The summed E-state index contributed by atoms with van der Waals surface area (Å²) in [7, 11) is 0. The maximum atomic E-state index is 15.4. The largest absolute Gasteiger partial charge is 0.459 e. The Bertz CT molecular complexity index is 2600. The number of nitrogens with one attached hydrogen (secondary N) is 1. The summed E-state index contributed by atoms with van der Waals surface area (Å²) in [5.41, 5.74) is 4.29. The van der Waals surface area contributed by atoms with Crippen LogP contribution in [0.25, 0.3) is 10.8 Å². The molecule has 2 aliphatic heterocycles.